The van der Waals surface area contributed by atoms with E-state index in [-0.39, 0.29) is 27.6 Å². The molecule has 3 aromatic rings. The van der Waals surface area contributed by atoms with Crippen LogP contribution in [0.4, 0.5) is 23.2 Å². The summed E-state index contributed by atoms with van der Waals surface area (Å²) in [5.41, 5.74) is -2.50. The van der Waals surface area contributed by atoms with Crippen molar-refractivity contribution in [3.8, 4) is 17.4 Å². The summed E-state index contributed by atoms with van der Waals surface area (Å²) < 4.78 is 85.0. The molecular formula is C22H20F4N4O4S. The maximum Gasteiger partial charge on any atom is 0.435 e. The Bertz CT molecular complexity index is 1410. The molecule has 3 rings (SSSR count). The van der Waals surface area contributed by atoms with E-state index < -0.39 is 50.3 Å². The molecule has 0 aliphatic rings. The van der Waals surface area contributed by atoms with Gasteiger partial charge in [0, 0.05) is 22.4 Å². The average molecular weight is 512 g/mol. The lowest BCUT2D eigenvalue weighted by Gasteiger charge is -2.17. The summed E-state index contributed by atoms with van der Waals surface area (Å²) in [5.74, 6) is -2.58. The molecule has 0 saturated heterocycles. The molecule has 1 amide bonds. The lowest BCUT2D eigenvalue weighted by Crippen LogP contribution is -2.21. The number of methoxy groups -OCH3 is 1. The number of halogens is 4. The Kier molecular flexibility index (Phi) is 7.01. The van der Waals surface area contributed by atoms with Crippen molar-refractivity contribution >= 4 is 21.3 Å². The van der Waals surface area contributed by atoms with Gasteiger partial charge in [-0.25, -0.2) is 13.4 Å². The second-order valence-electron chi connectivity index (χ2n) is 7.48. The van der Waals surface area contributed by atoms with Gasteiger partial charge in [0.15, 0.2) is 17.3 Å². The highest BCUT2D eigenvalue weighted by molar-refractivity contribution is 7.91. The monoisotopic (exact) mass is 512 g/mol. The minimum Gasteiger partial charge on any atom is -0.494 e. The van der Waals surface area contributed by atoms with Gasteiger partial charge in [-0.15, -0.1) is 10.2 Å². The highest BCUT2D eigenvalue weighted by atomic mass is 32.2. The van der Waals surface area contributed by atoms with E-state index in [2.05, 4.69) is 15.5 Å². The summed E-state index contributed by atoms with van der Waals surface area (Å²) >= 11 is 0. The quantitative estimate of drug-likeness (QED) is 0.431. The molecule has 0 bridgehead atoms. The van der Waals surface area contributed by atoms with Crippen molar-refractivity contribution in [1.29, 1.82) is 4.78 Å². The Morgan fingerprint density at radius 3 is 2.34 bits per heavy atom. The molecule has 2 aromatic carbocycles. The third-order valence-corrected chi connectivity index (χ3v) is 6.10. The van der Waals surface area contributed by atoms with Gasteiger partial charge in [-0.2, -0.15) is 13.2 Å². The van der Waals surface area contributed by atoms with Gasteiger partial charge in [-0.05, 0) is 49.7 Å². The molecule has 1 heterocycles. The van der Waals surface area contributed by atoms with Crippen LogP contribution in [0.25, 0.3) is 0 Å². The fraction of sp³-hybridized carbons (Fsp3) is 0.227. The zero-order valence-corrected chi connectivity index (χ0v) is 19.7. The molecule has 0 saturated carbocycles. The van der Waals surface area contributed by atoms with Gasteiger partial charge in [-0.3, -0.25) is 4.79 Å². The van der Waals surface area contributed by atoms with Gasteiger partial charge in [0.2, 0.25) is 0 Å². The zero-order chi connectivity index (χ0) is 26.1. The Balaban J connectivity index is 2.10. The lowest BCUT2D eigenvalue weighted by atomic mass is 10.1. The number of hydrogen-bond donors (Lipinski definition) is 2. The van der Waals surface area contributed by atoms with E-state index in [1.54, 1.807) is 0 Å². The Morgan fingerprint density at radius 2 is 1.74 bits per heavy atom. The highest BCUT2D eigenvalue weighted by Gasteiger charge is 2.38. The molecule has 186 valence electrons. The number of benzene rings is 2. The average Bonchev–Trinajstić information content (AvgIpc) is 2.76. The van der Waals surface area contributed by atoms with Gasteiger partial charge in [-0.1, -0.05) is 6.07 Å². The van der Waals surface area contributed by atoms with Crippen molar-refractivity contribution in [2.24, 2.45) is 0 Å². The molecule has 1 aromatic heterocycles. The number of nitrogens with zero attached hydrogens (tertiary/aromatic N) is 2. The van der Waals surface area contributed by atoms with Crippen molar-refractivity contribution in [1.82, 2.24) is 10.2 Å². The van der Waals surface area contributed by atoms with E-state index >= 15 is 0 Å². The van der Waals surface area contributed by atoms with Crippen LogP contribution in [0.3, 0.4) is 0 Å². The Labute approximate surface area is 198 Å². The first kappa shape index (κ1) is 25.9. The predicted octanol–water partition coefficient (Wildman–Crippen LogP) is 5.34. The number of rotatable bonds is 6. The number of ether oxygens (including phenoxy) is 2. The van der Waals surface area contributed by atoms with Gasteiger partial charge in [0.25, 0.3) is 11.8 Å². The Morgan fingerprint density at radius 1 is 1.09 bits per heavy atom. The third kappa shape index (κ3) is 5.50. The SMILES string of the molecule is COc1ccc(Oc2nnc(C(F)(F)F)c(C)c2C(=O)Nc2cccc([S@@](C)(=N)=O)c2)c(C)c1F. The van der Waals surface area contributed by atoms with E-state index in [4.69, 9.17) is 14.3 Å². The Hall–Kier alpha value is -3.74. The van der Waals surface area contributed by atoms with Crippen LogP contribution in [0.5, 0.6) is 17.4 Å². The number of carbonyl (C=O) groups is 1. The summed E-state index contributed by atoms with van der Waals surface area (Å²) in [5, 5.41) is 9.02. The maximum absolute atomic E-state index is 14.4. The molecule has 8 nitrogen and oxygen atoms in total. The van der Waals surface area contributed by atoms with E-state index in [9.17, 15) is 26.6 Å². The minimum atomic E-state index is -4.91. The van der Waals surface area contributed by atoms with Gasteiger partial charge in [0.1, 0.15) is 11.3 Å². The fourth-order valence-corrected chi connectivity index (χ4v) is 3.82. The highest BCUT2D eigenvalue weighted by Crippen LogP contribution is 2.37. The molecule has 0 spiro atoms. The minimum absolute atomic E-state index is 0.0316. The second-order valence-corrected chi connectivity index (χ2v) is 9.64. The molecule has 1 atom stereocenters. The molecule has 0 radical (unpaired) electrons. The second kappa shape index (κ2) is 9.49. The van der Waals surface area contributed by atoms with E-state index in [1.165, 1.54) is 56.7 Å². The largest absolute Gasteiger partial charge is 0.494 e. The molecule has 2 N–H and O–H groups in total. The molecule has 0 aliphatic carbocycles. The van der Waals surface area contributed by atoms with Crippen LogP contribution >= 0.6 is 0 Å². The van der Waals surface area contributed by atoms with Crippen molar-refractivity contribution in [3.05, 3.63) is 64.6 Å². The number of hydrogen-bond acceptors (Lipinski definition) is 7. The van der Waals surface area contributed by atoms with Crippen LogP contribution in [-0.2, 0) is 15.9 Å². The van der Waals surface area contributed by atoms with Crippen molar-refractivity contribution in [2.45, 2.75) is 24.9 Å². The van der Waals surface area contributed by atoms with E-state index in [1.807, 2.05) is 0 Å². The van der Waals surface area contributed by atoms with Gasteiger partial charge in [0.05, 0.1) is 16.8 Å². The first-order valence-electron chi connectivity index (χ1n) is 9.84. The van der Waals surface area contributed by atoms with Crippen LogP contribution < -0.4 is 14.8 Å². The van der Waals surface area contributed by atoms with Crippen LogP contribution in [-0.4, -0.2) is 33.7 Å². The number of carbonyl (C=O) groups excluding carboxylic acids is 1. The summed E-state index contributed by atoms with van der Waals surface area (Å²) in [7, 11) is -1.85. The lowest BCUT2D eigenvalue weighted by molar-refractivity contribution is -0.142. The van der Waals surface area contributed by atoms with Crippen molar-refractivity contribution < 1.29 is 36.0 Å². The van der Waals surface area contributed by atoms with Crippen LogP contribution in [0, 0.1) is 24.4 Å². The number of nitrogens with one attached hydrogen (secondary N) is 2. The van der Waals surface area contributed by atoms with E-state index in [0.717, 1.165) is 6.92 Å². The van der Waals surface area contributed by atoms with Crippen LogP contribution in [0.2, 0.25) is 0 Å². The molecule has 0 unspecified atom stereocenters. The summed E-state index contributed by atoms with van der Waals surface area (Å²) in [6, 6.07) is 8.08. The van der Waals surface area contributed by atoms with E-state index in [0.29, 0.717) is 0 Å². The normalized spacial score (nSPS) is 13.1. The summed E-state index contributed by atoms with van der Waals surface area (Å²) in [4.78, 5) is 13.2. The van der Waals surface area contributed by atoms with Crippen molar-refractivity contribution in [3.63, 3.8) is 0 Å². The van der Waals surface area contributed by atoms with Gasteiger partial charge < -0.3 is 14.8 Å². The number of aromatic nitrogens is 2. The van der Waals surface area contributed by atoms with Crippen LogP contribution in [0.15, 0.2) is 41.3 Å². The standard InChI is InChI=1S/C22H20F4N4O4S/c1-11-15(8-9-16(33-3)18(11)23)34-21-17(12(2)19(29-30-21)22(24,25)26)20(31)28-13-6-5-7-14(10-13)35(4,27)32/h5-10,27H,1-4H3,(H,28,31)/t35-/m0/s1. The first-order chi connectivity index (χ1) is 16.2. The zero-order valence-electron chi connectivity index (χ0n) is 18.9. The molecular weight excluding hydrogens is 492 g/mol. The third-order valence-electron chi connectivity index (χ3n) is 4.95. The molecule has 35 heavy (non-hydrogen) atoms. The van der Waals surface area contributed by atoms with Crippen molar-refractivity contribution in [2.75, 3.05) is 18.7 Å². The number of anilines is 1. The summed E-state index contributed by atoms with van der Waals surface area (Å²) in [6.45, 7) is 2.38. The topological polar surface area (TPSA) is 114 Å². The number of amides is 1. The smallest absolute Gasteiger partial charge is 0.435 e. The summed E-state index contributed by atoms with van der Waals surface area (Å²) in [6.07, 6.45) is -3.73. The molecule has 0 fully saturated rings. The molecule has 0 aliphatic heterocycles. The maximum atomic E-state index is 14.4. The number of alkyl halides is 3. The first-order valence-corrected chi connectivity index (χ1v) is 11.8. The fourth-order valence-electron chi connectivity index (χ4n) is 3.13. The molecule has 13 heteroatoms. The van der Waals surface area contributed by atoms with Crippen LogP contribution in [0.1, 0.15) is 27.2 Å². The van der Waals surface area contributed by atoms with Gasteiger partial charge >= 0.3 is 6.18 Å². The predicted molar refractivity (Wildman–Crippen MR) is 119 cm³/mol.